The first-order chi connectivity index (χ1) is 4.16. The third-order valence-corrected chi connectivity index (χ3v) is 0.701. The molecule has 50 valence electrons. The molecule has 0 unspecified atom stereocenters. The van der Waals surface area contributed by atoms with E-state index >= 15 is 0 Å². The van der Waals surface area contributed by atoms with Gasteiger partial charge in [-0.05, 0) is 5.92 Å². The molecule has 0 rings (SSSR count). The summed E-state index contributed by atoms with van der Waals surface area (Å²) < 4.78 is 0. The summed E-state index contributed by atoms with van der Waals surface area (Å²) in [6.07, 6.45) is 0. The van der Waals surface area contributed by atoms with Crippen LogP contribution in [0.25, 0.3) is 0 Å². The van der Waals surface area contributed by atoms with Gasteiger partial charge in [-0.15, -0.1) is 0 Å². The molecule has 0 aliphatic rings. The molecule has 0 aromatic heterocycles. The average molecular weight is 125 g/mol. The number of carbonyl (C=O) groups excluding carboxylic acids is 1. The quantitative estimate of drug-likeness (QED) is 0.466. The van der Waals surface area contributed by atoms with Gasteiger partial charge in [-0.3, -0.25) is 4.79 Å². The Morgan fingerprint density at radius 2 is 2.11 bits per heavy atom. The SMILES string of the molecule is CNC(=O)C#CC(C)C. The molecular formula is C7H11NO. The predicted octanol–water partition coefficient (Wildman–Crippen LogP) is 0.392. The number of amides is 1. The molecule has 0 saturated carbocycles. The van der Waals surface area contributed by atoms with Gasteiger partial charge in [-0.2, -0.15) is 0 Å². The number of carbonyl (C=O) groups is 1. The maximum absolute atomic E-state index is 10.4. The summed E-state index contributed by atoms with van der Waals surface area (Å²) in [5, 5.41) is 2.41. The summed E-state index contributed by atoms with van der Waals surface area (Å²) in [4.78, 5) is 10.4. The zero-order valence-corrected chi connectivity index (χ0v) is 5.99. The molecule has 0 spiro atoms. The Kier molecular flexibility index (Phi) is 3.54. The van der Waals surface area contributed by atoms with Crippen LogP contribution in [0.15, 0.2) is 0 Å². The summed E-state index contributed by atoms with van der Waals surface area (Å²) in [5.74, 6) is 5.21. The smallest absolute Gasteiger partial charge is 0.295 e. The van der Waals surface area contributed by atoms with Gasteiger partial charge in [0.15, 0.2) is 0 Å². The van der Waals surface area contributed by atoms with Crippen LogP contribution in [0.3, 0.4) is 0 Å². The van der Waals surface area contributed by atoms with Crippen molar-refractivity contribution in [2.75, 3.05) is 7.05 Å². The number of rotatable bonds is 0. The topological polar surface area (TPSA) is 29.1 Å². The van der Waals surface area contributed by atoms with Crippen LogP contribution in [0.5, 0.6) is 0 Å². The Balaban J connectivity index is 3.73. The van der Waals surface area contributed by atoms with Gasteiger partial charge in [0.1, 0.15) is 0 Å². The van der Waals surface area contributed by atoms with Gasteiger partial charge >= 0.3 is 0 Å². The number of hydrogen-bond acceptors (Lipinski definition) is 1. The van der Waals surface area contributed by atoms with Gasteiger partial charge in [-0.25, -0.2) is 0 Å². The zero-order chi connectivity index (χ0) is 7.28. The van der Waals surface area contributed by atoms with Gasteiger partial charge in [-0.1, -0.05) is 19.8 Å². The van der Waals surface area contributed by atoms with E-state index in [0.717, 1.165) is 0 Å². The molecule has 0 aromatic rings. The second-order valence-corrected chi connectivity index (χ2v) is 2.00. The third-order valence-electron chi connectivity index (χ3n) is 0.701. The van der Waals surface area contributed by atoms with Crippen LogP contribution in [0.1, 0.15) is 13.8 Å². The first-order valence-electron chi connectivity index (χ1n) is 2.90. The Morgan fingerprint density at radius 3 is 2.44 bits per heavy atom. The van der Waals surface area contributed by atoms with Crippen molar-refractivity contribution in [3.63, 3.8) is 0 Å². The molecule has 0 radical (unpaired) electrons. The molecule has 1 N–H and O–H groups in total. The Morgan fingerprint density at radius 1 is 1.56 bits per heavy atom. The van der Waals surface area contributed by atoms with Crippen LogP contribution in [0.4, 0.5) is 0 Å². The average Bonchev–Trinajstić information content (AvgIpc) is 1.83. The standard InChI is InChI=1S/C7H11NO/c1-6(2)4-5-7(9)8-3/h6H,1-3H3,(H,8,9). The van der Waals surface area contributed by atoms with Gasteiger partial charge in [0, 0.05) is 13.0 Å². The normalized spacial score (nSPS) is 8.00. The Bertz CT molecular complexity index is 150. The van der Waals surface area contributed by atoms with Crippen molar-refractivity contribution in [1.82, 2.24) is 5.32 Å². The van der Waals surface area contributed by atoms with Crippen molar-refractivity contribution in [2.24, 2.45) is 5.92 Å². The fraction of sp³-hybridized carbons (Fsp3) is 0.571. The summed E-state index contributed by atoms with van der Waals surface area (Å²) >= 11 is 0. The molecule has 0 heterocycles. The number of nitrogens with one attached hydrogen (secondary N) is 1. The van der Waals surface area contributed by atoms with Crippen molar-refractivity contribution in [3.8, 4) is 11.8 Å². The number of hydrogen-bond donors (Lipinski definition) is 1. The van der Waals surface area contributed by atoms with E-state index in [9.17, 15) is 4.79 Å². The van der Waals surface area contributed by atoms with E-state index in [1.54, 1.807) is 7.05 Å². The maximum atomic E-state index is 10.4. The first kappa shape index (κ1) is 8.03. The molecule has 0 fully saturated rings. The van der Waals surface area contributed by atoms with Crippen LogP contribution in [0.2, 0.25) is 0 Å². The van der Waals surface area contributed by atoms with Crippen molar-refractivity contribution in [2.45, 2.75) is 13.8 Å². The van der Waals surface area contributed by atoms with Crippen LogP contribution < -0.4 is 5.32 Å². The second kappa shape index (κ2) is 3.96. The van der Waals surface area contributed by atoms with E-state index in [0.29, 0.717) is 0 Å². The summed E-state index contributed by atoms with van der Waals surface area (Å²) in [6.45, 7) is 3.88. The summed E-state index contributed by atoms with van der Waals surface area (Å²) in [7, 11) is 1.57. The maximum Gasteiger partial charge on any atom is 0.295 e. The Hall–Kier alpha value is -0.970. The molecule has 0 bridgehead atoms. The van der Waals surface area contributed by atoms with Gasteiger partial charge in [0.2, 0.25) is 0 Å². The van der Waals surface area contributed by atoms with Gasteiger partial charge < -0.3 is 5.32 Å². The van der Waals surface area contributed by atoms with Gasteiger partial charge in [0.05, 0.1) is 0 Å². The highest BCUT2D eigenvalue weighted by atomic mass is 16.1. The van der Waals surface area contributed by atoms with Crippen molar-refractivity contribution < 1.29 is 4.79 Å². The molecular weight excluding hydrogens is 114 g/mol. The highest BCUT2D eigenvalue weighted by Gasteiger charge is 1.86. The van der Waals surface area contributed by atoms with Crippen molar-refractivity contribution in [1.29, 1.82) is 0 Å². The van der Waals surface area contributed by atoms with Crippen LogP contribution >= 0.6 is 0 Å². The lowest BCUT2D eigenvalue weighted by Crippen LogP contribution is -2.14. The van der Waals surface area contributed by atoms with Crippen LogP contribution in [-0.2, 0) is 4.79 Å². The molecule has 0 aromatic carbocycles. The lowest BCUT2D eigenvalue weighted by atomic mass is 10.2. The van der Waals surface area contributed by atoms with Crippen molar-refractivity contribution in [3.05, 3.63) is 0 Å². The van der Waals surface area contributed by atoms with E-state index in [4.69, 9.17) is 0 Å². The highest BCUT2D eigenvalue weighted by Crippen LogP contribution is 1.84. The molecule has 2 nitrogen and oxygen atoms in total. The molecule has 0 saturated heterocycles. The minimum atomic E-state index is -0.219. The van der Waals surface area contributed by atoms with Crippen molar-refractivity contribution >= 4 is 5.91 Å². The lowest BCUT2D eigenvalue weighted by Gasteiger charge is -1.87. The fourth-order valence-electron chi connectivity index (χ4n) is 0.272. The molecule has 0 aliphatic heterocycles. The Labute approximate surface area is 55.6 Å². The van der Waals surface area contributed by atoms with E-state index in [1.807, 2.05) is 13.8 Å². The largest absolute Gasteiger partial charge is 0.348 e. The zero-order valence-electron chi connectivity index (χ0n) is 5.99. The third kappa shape index (κ3) is 4.89. The predicted molar refractivity (Wildman–Crippen MR) is 36.7 cm³/mol. The highest BCUT2D eigenvalue weighted by molar-refractivity contribution is 5.93. The molecule has 1 amide bonds. The molecule has 0 atom stereocenters. The molecule has 0 aliphatic carbocycles. The van der Waals surface area contributed by atoms with Crippen LogP contribution in [0, 0.1) is 17.8 Å². The lowest BCUT2D eigenvalue weighted by molar-refractivity contribution is -0.115. The summed E-state index contributed by atoms with van der Waals surface area (Å²) in [6, 6.07) is 0. The minimum Gasteiger partial charge on any atom is -0.348 e. The van der Waals surface area contributed by atoms with E-state index in [-0.39, 0.29) is 11.8 Å². The molecule has 9 heavy (non-hydrogen) atoms. The summed E-state index contributed by atoms with van der Waals surface area (Å²) in [5.41, 5.74) is 0. The van der Waals surface area contributed by atoms with E-state index < -0.39 is 0 Å². The minimum absolute atomic E-state index is 0.219. The van der Waals surface area contributed by atoms with Crippen LogP contribution in [-0.4, -0.2) is 13.0 Å². The van der Waals surface area contributed by atoms with E-state index in [2.05, 4.69) is 17.2 Å². The second-order valence-electron chi connectivity index (χ2n) is 2.00. The molecule has 2 heteroatoms. The first-order valence-corrected chi connectivity index (χ1v) is 2.90. The fourth-order valence-corrected chi connectivity index (χ4v) is 0.272. The van der Waals surface area contributed by atoms with Gasteiger partial charge in [0.25, 0.3) is 5.91 Å². The monoisotopic (exact) mass is 125 g/mol. The van der Waals surface area contributed by atoms with E-state index in [1.165, 1.54) is 0 Å².